The zero-order valence-corrected chi connectivity index (χ0v) is 9.54. The fraction of sp³-hybridized carbons (Fsp3) is 0.400. The molecule has 0 aliphatic heterocycles. The number of likely N-dealkylation sites (N-methyl/N-ethyl adjacent to an activating group) is 1. The van der Waals surface area contributed by atoms with Gasteiger partial charge in [0.15, 0.2) is 0 Å². The molecule has 1 aromatic rings. The molecular formula is C10H12F3N3O2. The molecule has 3 N–H and O–H groups in total. The third-order valence-electron chi connectivity index (χ3n) is 2.01. The maximum atomic E-state index is 12.4. The van der Waals surface area contributed by atoms with Crippen molar-refractivity contribution in [1.82, 2.24) is 10.3 Å². The average molecular weight is 263 g/mol. The molecule has 1 heterocycles. The Hall–Kier alpha value is -1.83. The van der Waals surface area contributed by atoms with Crippen LogP contribution in [0.4, 0.5) is 13.2 Å². The summed E-state index contributed by atoms with van der Waals surface area (Å²) < 4.78 is 42.3. The van der Waals surface area contributed by atoms with Gasteiger partial charge in [0.1, 0.15) is 17.9 Å². The van der Waals surface area contributed by atoms with Crippen LogP contribution in [-0.2, 0) is 6.18 Å². The molecule has 0 saturated heterocycles. The van der Waals surface area contributed by atoms with Crippen LogP contribution >= 0.6 is 0 Å². The Labute approximate surface area is 101 Å². The number of halogens is 3. The minimum atomic E-state index is -4.60. The van der Waals surface area contributed by atoms with Crippen LogP contribution in [0.25, 0.3) is 0 Å². The van der Waals surface area contributed by atoms with Gasteiger partial charge >= 0.3 is 6.18 Å². The summed E-state index contributed by atoms with van der Waals surface area (Å²) in [7, 11) is 1.65. The Balaban J connectivity index is 3.04. The quantitative estimate of drug-likeness (QED) is 0.770. The monoisotopic (exact) mass is 263 g/mol. The SMILES string of the molecule is CNCCOc1nc(C(F)(F)F)ccc1C(N)=O. The molecule has 0 aliphatic carbocycles. The number of nitrogens with one attached hydrogen (secondary N) is 1. The standard InChI is InChI=1S/C10H12F3N3O2/c1-15-4-5-18-9-6(8(14)17)2-3-7(16-9)10(11,12)13/h2-3,15H,4-5H2,1H3,(H2,14,17). The number of pyridine rings is 1. The van der Waals surface area contributed by atoms with Gasteiger partial charge in [-0.2, -0.15) is 13.2 Å². The van der Waals surface area contributed by atoms with Crippen LogP contribution in [0.3, 0.4) is 0 Å². The number of hydrogen-bond acceptors (Lipinski definition) is 4. The predicted octanol–water partition coefficient (Wildman–Crippen LogP) is 0.798. The molecule has 1 amide bonds. The molecule has 0 spiro atoms. The zero-order chi connectivity index (χ0) is 13.8. The van der Waals surface area contributed by atoms with Gasteiger partial charge in [-0.1, -0.05) is 0 Å². The van der Waals surface area contributed by atoms with Crippen molar-refractivity contribution in [1.29, 1.82) is 0 Å². The summed E-state index contributed by atoms with van der Waals surface area (Å²) in [5.74, 6) is -1.30. The van der Waals surface area contributed by atoms with Gasteiger partial charge < -0.3 is 15.8 Å². The van der Waals surface area contributed by atoms with Gasteiger partial charge in [0.2, 0.25) is 5.88 Å². The molecule has 0 saturated carbocycles. The summed E-state index contributed by atoms with van der Waals surface area (Å²) >= 11 is 0. The lowest BCUT2D eigenvalue weighted by Gasteiger charge is -2.11. The minimum Gasteiger partial charge on any atom is -0.476 e. The topological polar surface area (TPSA) is 77.2 Å². The lowest BCUT2D eigenvalue weighted by molar-refractivity contribution is -0.141. The van der Waals surface area contributed by atoms with Crippen LogP contribution in [0.2, 0.25) is 0 Å². The van der Waals surface area contributed by atoms with Crippen LogP contribution in [0, 0.1) is 0 Å². The molecule has 0 atom stereocenters. The maximum absolute atomic E-state index is 12.4. The maximum Gasteiger partial charge on any atom is 0.433 e. The number of aromatic nitrogens is 1. The smallest absolute Gasteiger partial charge is 0.433 e. The Bertz CT molecular complexity index is 435. The summed E-state index contributed by atoms with van der Waals surface area (Å²) in [6.07, 6.45) is -4.60. The van der Waals surface area contributed by atoms with Crippen LogP contribution in [0.5, 0.6) is 5.88 Å². The van der Waals surface area contributed by atoms with E-state index in [-0.39, 0.29) is 12.2 Å². The van der Waals surface area contributed by atoms with Crippen LogP contribution in [-0.4, -0.2) is 31.1 Å². The van der Waals surface area contributed by atoms with Crippen molar-refractivity contribution in [3.8, 4) is 5.88 Å². The second-order valence-electron chi connectivity index (χ2n) is 3.36. The van der Waals surface area contributed by atoms with E-state index in [1.54, 1.807) is 7.05 Å². The van der Waals surface area contributed by atoms with Crippen molar-refractivity contribution in [2.75, 3.05) is 20.2 Å². The number of carbonyl (C=O) groups excluding carboxylic acids is 1. The van der Waals surface area contributed by atoms with Crippen molar-refractivity contribution >= 4 is 5.91 Å². The van der Waals surface area contributed by atoms with Crippen molar-refractivity contribution in [3.05, 3.63) is 23.4 Å². The van der Waals surface area contributed by atoms with Gasteiger partial charge in [-0.05, 0) is 19.2 Å². The number of amides is 1. The van der Waals surface area contributed by atoms with E-state index in [1.165, 1.54) is 0 Å². The summed E-state index contributed by atoms with van der Waals surface area (Å²) in [5, 5.41) is 2.74. The minimum absolute atomic E-state index is 0.0745. The van der Waals surface area contributed by atoms with Crippen molar-refractivity contribution in [2.45, 2.75) is 6.18 Å². The van der Waals surface area contributed by atoms with E-state index in [9.17, 15) is 18.0 Å². The lowest BCUT2D eigenvalue weighted by Crippen LogP contribution is -2.20. The Morgan fingerprint density at radius 3 is 2.67 bits per heavy atom. The first-order chi connectivity index (χ1) is 8.36. The Morgan fingerprint density at radius 2 is 2.17 bits per heavy atom. The molecule has 8 heteroatoms. The second kappa shape index (κ2) is 5.67. The van der Waals surface area contributed by atoms with Crippen LogP contribution in [0.1, 0.15) is 16.1 Å². The highest BCUT2D eigenvalue weighted by Crippen LogP contribution is 2.30. The van der Waals surface area contributed by atoms with E-state index in [0.29, 0.717) is 12.6 Å². The summed E-state index contributed by atoms with van der Waals surface area (Å²) in [6, 6.07) is 1.64. The van der Waals surface area contributed by atoms with Crippen molar-refractivity contribution < 1.29 is 22.7 Å². The highest BCUT2D eigenvalue weighted by atomic mass is 19.4. The third kappa shape index (κ3) is 3.59. The van der Waals surface area contributed by atoms with E-state index < -0.39 is 23.7 Å². The number of nitrogens with zero attached hydrogens (tertiary/aromatic N) is 1. The first-order valence-corrected chi connectivity index (χ1v) is 5.01. The summed E-state index contributed by atoms with van der Waals surface area (Å²) in [4.78, 5) is 14.3. The van der Waals surface area contributed by atoms with Crippen LogP contribution < -0.4 is 15.8 Å². The third-order valence-corrected chi connectivity index (χ3v) is 2.01. The lowest BCUT2D eigenvalue weighted by atomic mass is 10.2. The number of hydrogen-bond donors (Lipinski definition) is 2. The number of primary amides is 1. The molecule has 0 fully saturated rings. The molecule has 0 aliphatic rings. The molecule has 0 aromatic carbocycles. The molecule has 0 bridgehead atoms. The van der Waals surface area contributed by atoms with Gasteiger partial charge in [0.05, 0.1) is 0 Å². The predicted molar refractivity (Wildman–Crippen MR) is 57.2 cm³/mol. The molecule has 100 valence electrons. The average Bonchev–Trinajstić information content (AvgIpc) is 2.27. The molecule has 0 unspecified atom stereocenters. The van der Waals surface area contributed by atoms with E-state index >= 15 is 0 Å². The van der Waals surface area contributed by atoms with Crippen molar-refractivity contribution in [3.63, 3.8) is 0 Å². The van der Waals surface area contributed by atoms with Gasteiger partial charge in [0, 0.05) is 6.54 Å². The Kier molecular flexibility index (Phi) is 4.49. The highest BCUT2D eigenvalue weighted by Gasteiger charge is 2.33. The molecule has 1 aromatic heterocycles. The molecule has 5 nitrogen and oxygen atoms in total. The number of rotatable bonds is 5. The van der Waals surface area contributed by atoms with E-state index in [1.807, 2.05) is 0 Å². The number of carbonyl (C=O) groups is 1. The van der Waals surface area contributed by atoms with Crippen molar-refractivity contribution in [2.24, 2.45) is 5.73 Å². The molecule has 1 rings (SSSR count). The zero-order valence-electron chi connectivity index (χ0n) is 9.54. The van der Waals surface area contributed by atoms with Gasteiger partial charge in [-0.15, -0.1) is 0 Å². The highest BCUT2D eigenvalue weighted by molar-refractivity contribution is 5.95. The fourth-order valence-corrected chi connectivity index (χ4v) is 1.15. The first kappa shape index (κ1) is 14.2. The molecule has 0 radical (unpaired) electrons. The van der Waals surface area contributed by atoms with Gasteiger partial charge in [0.25, 0.3) is 5.91 Å². The number of nitrogens with two attached hydrogens (primary N) is 1. The first-order valence-electron chi connectivity index (χ1n) is 5.01. The number of alkyl halides is 3. The van der Waals surface area contributed by atoms with E-state index in [2.05, 4.69) is 10.3 Å². The fourth-order valence-electron chi connectivity index (χ4n) is 1.15. The van der Waals surface area contributed by atoms with Crippen LogP contribution in [0.15, 0.2) is 12.1 Å². The number of ether oxygens (including phenoxy) is 1. The second-order valence-corrected chi connectivity index (χ2v) is 3.36. The molecule has 18 heavy (non-hydrogen) atoms. The Morgan fingerprint density at radius 1 is 1.50 bits per heavy atom. The largest absolute Gasteiger partial charge is 0.476 e. The summed E-state index contributed by atoms with van der Waals surface area (Å²) in [6.45, 7) is 0.473. The summed E-state index contributed by atoms with van der Waals surface area (Å²) in [5.41, 5.74) is 3.71. The van der Waals surface area contributed by atoms with Gasteiger partial charge in [-0.25, -0.2) is 4.98 Å². The van der Waals surface area contributed by atoms with Gasteiger partial charge in [-0.3, -0.25) is 4.79 Å². The van der Waals surface area contributed by atoms with E-state index in [0.717, 1.165) is 6.07 Å². The van der Waals surface area contributed by atoms with E-state index in [4.69, 9.17) is 10.5 Å². The molecular weight excluding hydrogens is 251 g/mol. The normalized spacial score (nSPS) is 11.3.